The minimum absolute atomic E-state index is 0.956. The van der Waals surface area contributed by atoms with E-state index in [9.17, 15) is 0 Å². The summed E-state index contributed by atoms with van der Waals surface area (Å²) >= 11 is 1.91. The summed E-state index contributed by atoms with van der Waals surface area (Å²) in [4.78, 5) is 0. The lowest BCUT2D eigenvalue weighted by atomic mass is 9.89. The molecule has 2 nitrogen and oxygen atoms in total. The zero-order valence-electron chi connectivity index (χ0n) is 22.8. The highest BCUT2D eigenvalue weighted by molar-refractivity contribution is 7.26. The van der Waals surface area contributed by atoms with Crippen LogP contribution in [-0.4, -0.2) is 4.57 Å². The number of aromatic nitrogens is 1. The predicted octanol–water partition coefficient (Wildman–Crippen LogP) is 11.2. The highest BCUT2D eigenvalue weighted by atomic mass is 32.1. The van der Waals surface area contributed by atoms with Crippen LogP contribution in [0.3, 0.4) is 0 Å². The van der Waals surface area contributed by atoms with E-state index in [0.29, 0.717) is 0 Å². The first-order valence-corrected chi connectivity index (χ1v) is 15.0. The molecule has 1 aliphatic carbocycles. The number of furan rings is 1. The Balaban J connectivity index is 0.000000608. The fourth-order valence-electron chi connectivity index (χ4n) is 6.39. The normalized spacial score (nSPS) is 12.4. The van der Waals surface area contributed by atoms with Gasteiger partial charge in [-0.3, -0.25) is 0 Å². The first-order chi connectivity index (χ1) is 19.4. The Morgan fingerprint density at radius 1 is 0.615 bits per heavy atom. The van der Waals surface area contributed by atoms with Gasteiger partial charge in [-0.2, -0.15) is 0 Å². The van der Waals surface area contributed by atoms with Crippen molar-refractivity contribution in [2.45, 2.75) is 40.5 Å². The molecule has 0 saturated carbocycles. The van der Waals surface area contributed by atoms with Gasteiger partial charge in [0.2, 0.25) is 0 Å². The summed E-state index contributed by atoms with van der Waals surface area (Å²) in [6.45, 7) is 8.00. The first-order valence-electron chi connectivity index (χ1n) is 14.2. The SMILES string of the molecule is CC.CC.c1ccc(-n2c3c4oc5ccccc5c4cc4c3c3c(cc5c6ccccc6sc5c32)CC4)cc1. The number of hydrogen-bond donors (Lipinski definition) is 0. The number of thiophene rings is 1. The van der Waals surface area contributed by atoms with E-state index in [1.165, 1.54) is 69.6 Å². The summed E-state index contributed by atoms with van der Waals surface area (Å²) in [5.41, 5.74) is 8.56. The molecule has 3 heterocycles. The highest BCUT2D eigenvalue weighted by Crippen LogP contribution is 2.49. The molecular formula is C36H31NOS. The van der Waals surface area contributed by atoms with Crippen LogP contribution in [-0.2, 0) is 12.8 Å². The van der Waals surface area contributed by atoms with Crippen molar-refractivity contribution in [2.24, 2.45) is 0 Å². The topological polar surface area (TPSA) is 18.1 Å². The van der Waals surface area contributed by atoms with Crippen molar-refractivity contribution in [3.63, 3.8) is 0 Å². The highest BCUT2D eigenvalue weighted by Gasteiger charge is 2.28. The van der Waals surface area contributed by atoms with E-state index in [1.807, 2.05) is 39.0 Å². The second-order valence-electron chi connectivity index (χ2n) is 9.64. The molecule has 0 fully saturated rings. The quantitative estimate of drug-likeness (QED) is 0.208. The van der Waals surface area contributed by atoms with Crippen molar-refractivity contribution < 1.29 is 4.42 Å². The Kier molecular flexibility index (Phi) is 5.71. The van der Waals surface area contributed by atoms with Crippen molar-refractivity contribution in [2.75, 3.05) is 0 Å². The molecule has 192 valence electrons. The third-order valence-corrected chi connectivity index (χ3v) is 9.02. The maximum Gasteiger partial charge on any atom is 0.160 e. The summed E-state index contributed by atoms with van der Waals surface area (Å²) in [5.74, 6) is 0. The number of hydrogen-bond acceptors (Lipinski definition) is 2. The number of rotatable bonds is 1. The molecule has 3 aromatic heterocycles. The van der Waals surface area contributed by atoms with Crippen LogP contribution < -0.4 is 0 Å². The van der Waals surface area contributed by atoms with Crippen LogP contribution in [0.25, 0.3) is 69.6 Å². The smallest absolute Gasteiger partial charge is 0.160 e. The fraction of sp³-hybridized carbons (Fsp3) is 0.167. The van der Waals surface area contributed by atoms with Gasteiger partial charge in [-0.05, 0) is 60.4 Å². The van der Waals surface area contributed by atoms with Gasteiger partial charge in [0.1, 0.15) is 5.58 Å². The Hall–Kier alpha value is -4.08. The summed E-state index contributed by atoms with van der Waals surface area (Å²) in [7, 11) is 0. The van der Waals surface area contributed by atoms with E-state index in [0.717, 1.165) is 24.0 Å². The Labute approximate surface area is 232 Å². The average molecular weight is 526 g/mol. The minimum atomic E-state index is 0.956. The van der Waals surface area contributed by atoms with Gasteiger partial charge in [0.25, 0.3) is 0 Å². The van der Waals surface area contributed by atoms with Crippen molar-refractivity contribution in [1.29, 1.82) is 0 Å². The molecule has 0 unspecified atom stereocenters. The lowest BCUT2D eigenvalue weighted by Crippen LogP contribution is -1.98. The average Bonchev–Trinajstić information content (AvgIpc) is 3.68. The van der Waals surface area contributed by atoms with Crippen LogP contribution in [0.5, 0.6) is 0 Å². The van der Waals surface area contributed by atoms with Crippen LogP contribution in [0.4, 0.5) is 0 Å². The molecule has 0 atom stereocenters. The van der Waals surface area contributed by atoms with E-state index in [2.05, 4.69) is 95.6 Å². The molecule has 0 amide bonds. The second-order valence-corrected chi connectivity index (χ2v) is 10.7. The van der Waals surface area contributed by atoms with Gasteiger partial charge in [0.15, 0.2) is 5.58 Å². The monoisotopic (exact) mass is 525 g/mol. The molecule has 9 rings (SSSR count). The molecule has 8 aromatic rings. The lowest BCUT2D eigenvalue weighted by Gasteiger charge is -2.14. The van der Waals surface area contributed by atoms with Crippen molar-refractivity contribution in [3.8, 4) is 5.69 Å². The van der Waals surface area contributed by atoms with Crippen molar-refractivity contribution >= 4 is 75.3 Å². The summed E-state index contributed by atoms with van der Waals surface area (Å²) in [6, 6.07) is 33.0. The van der Waals surface area contributed by atoms with E-state index in [1.54, 1.807) is 0 Å². The van der Waals surface area contributed by atoms with Gasteiger partial charge in [0, 0.05) is 42.7 Å². The molecule has 0 aliphatic heterocycles. The largest absolute Gasteiger partial charge is 0.454 e. The van der Waals surface area contributed by atoms with E-state index >= 15 is 0 Å². The van der Waals surface area contributed by atoms with E-state index in [-0.39, 0.29) is 0 Å². The van der Waals surface area contributed by atoms with Crippen LogP contribution in [0.15, 0.2) is 95.4 Å². The molecule has 0 saturated heterocycles. The van der Waals surface area contributed by atoms with Gasteiger partial charge in [-0.25, -0.2) is 0 Å². The number of fused-ring (bicyclic) bond motifs is 8. The maximum atomic E-state index is 6.63. The van der Waals surface area contributed by atoms with E-state index < -0.39 is 0 Å². The Morgan fingerprint density at radius 3 is 2.00 bits per heavy atom. The summed E-state index contributed by atoms with van der Waals surface area (Å²) in [5, 5.41) is 7.93. The van der Waals surface area contributed by atoms with Gasteiger partial charge >= 0.3 is 0 Å². The van der Waals surface area contributed by atoms with Crippen molar-refractivity contribution in [1.82, 2.24) is 4.57 Å². The van der Waals surface area contributed by atoms with E-state index in [4.69, 9.17) is 4.42 Å². The fourth-order valence-corrected chi connectivity index (χ4v) is 7.61. The number of para-hydroxylation sites is 2. The molecule has 0 N–H and O–H groups in total. The third kappa shape index (κ3) is 3.26. The maximum absolute atomic E-state index is 6.63. The Bertz CT molecular complexity index is 2020. The van der Waals surface area contributed by atoms with Crippen molar-refractivity contribution in [3.05, 3.63) is 102 Å². The standard InChI is InChI=1S/C32H19NOS.2C2H6/c1-2-8-20(9-3-1)33-29-27-18(16-23-21-10-4-6-12-25(21)34-31(23)29)14-15-19-17-24-22-11-5-7-13-26(22)35-32(24)30(33)28(19)27;2*1-2/h1-13,16-17H,14-15H2;2*1-2H3. The van der Waals surface area contributed by atoms with Gasteiger partial charge < -0.3 is 8.98 Å². The molecule has 3 heteroatoms. The number of benzene rings is 5. The van der Waals surface area contributed by atoms with Gasteiger partial charge in [0.05, 0.1) is 15.7 Å². The minimum Gasteiger partial charge on any atom is -0.454 e. The molecule has 1 aliphatic rings. The summed E-state index contributed by atoms with van der Waals surface area (Å²) < 4.78 is 11.8. The van der Waals surface area contributed by atoms with Gasteiger partial charge in [-0.1, -0.05) is 82.3 Å². The second kappa shape index (κ2) is 9.29. The third-order valence-electron chi connectivity index (χ3n) is 7.83. The number of aryl methyl sites for hydroxylation is 2. The number of nitrogens with zero attached hydrogens (tertiary/aromatic N) is 1. The summed E-state index contributed by atoms with van der Waals surface area (Å²) in [6.07, 6.45) is 2.12. The lowest BCUT2D eigenvalue weighted by molar-refractivity contribution is 0.671. The Morgan fingerprint density at radius 2 is 1.23 bits per heavy atom. The molecule has 39 heavy (non-hydrogen) atoms. The zero-order chi connectivity index (χ0) is 26.7. The van der Waals surface area contributed by atoms with Crippen LogP contribution in [0.2, 0.25) is 0 Å². The van der Waals surface area contributed by atoms with Crippen LogP contribution in [0.1, 0.15) is 38.8 Å². The molecule has 5 aromatic carbocycles. The molecule has 0 radical (unpaired) electrons. The first kappa shape index (κ1) is 24.0. The van der Waals surface area contributed by atoms with Gasteiger partial charge in [-0.15, -0.1) is 11.3 Å². The van der Waals surface area contributed by atoms with Crippen LogP contribution in [0, 0.1) is 0 Å². The zero-order valence-corrected chi connectivity index (χ0v) is 23.7. The van der Waals surface area contributed by atoms with Crippen LogP contribution >= 0.6 is 11.3 Å². The molecule has 0 bridgehead atoms. The molecule has 0 spiro atoms. The predicted molar refractivity (Wildman–Crippen MR) is 171 cm³/mol. The molecular weight excluding hydrogens is 494 g/mol.